The zero-order valence-corrected chi connectivity index (χ0v) is 9.73. The van der Waals surface area contributed by atoms with E-state index in [2.05, 4.69) is 27.4 Å². The summed E-state index contributed by atoms with van der Waals surface area (Å²) in [5.74, 6) is 0.381. The van der Waals surface area contributed by atoms with E-state index in [-0.39, 0.29) is 5.56 Å². The molecule has 1 heterocycles. The zero-order valence-electron chi connectivity index (χ0n) is 9.73. The Morgan fingerprint density at radius 1 is 1.29 bits per heavy atom. The van der Waals surface area contributed by atoms with Crippen molar-refractivity contribution in [1.29, 1.82) is 0 Å². The lowest BCUT2D eigenvalue weighted by Gasteiger charge is -2.04. The number of aryl methyl sites for hydroxylation is 1. The molecule has 2 aromatic rings. The second kappa shape index (κ2) is 5.30. The molecule has 0 spiro atoms. The van der Waals surface area contributed by atoms with E-state index >= 15 is 0 Å². The van der Waals surface area contributed by atoms with Gasteiger partial charge in [0.15, 0.2) is 5.82 Å². The molecule has 1 aromatic heterocycles. The van der Waals surface area contributed by atoms with Crippen LogP contribution < -0.4 is 10.9 Å². The molecule has 0 fully saturated rings. The molecule has 4 heteroatoms. The Kier molecular flexibility index (Phi) is 3.55. The smallest absolute Gasteiger partial charge is 0.290 e. The van der Waals surface area contributed by atoms with Crippen LogP contribution in [0.2, 0.25) is 0 Å². The Labute approximate surface area is 99.7 Å². The van der Waals surface area contributed by atoms with Crippen LogP contribution in [-0.4, -0.2) is 16.5 Å². The second-order valence-corrected chi connectivity index (χ2v) is 3.91. The minimum Gasteiger partial charge on any atom is -0.365 e. The first kappa shape index (κ1) is 11.4. The molecule has 4 nitrogen and oxygen atoms in total. The van der Waals surface area contributed by atoms with E-state index < -0.39 is 0 Å². The highest BCUT2D eigenvalue weighted by Crippen LogP contribution is 2.00. The highest BCUT2D eigenvalue weighted by molar-refractivity contribution is 5.31. The third-order valence-electron chi connectivity index (χ3n) is 2.46. The van der Waals surface area contributed by atoms with Crippen LogP contribution in [0.5, 0.6) is 0 Å². The van der Waals surface area contributed by atoms with E-state index in [1.807, 2.05) is 25.1 Å². The topological polar surface area (TPSA) is 57.8 Å². The standard InChI is InChI=1S/C13H15N3O/c1-10-9-15-12(13(17)16-10)14-8-7-11-5-3-2-4-6-11/h2-6,9H,7-8H2,1H3,(H,14,15)(H,16,17). The largest absolute Gasteiger partial charge is 0.365 e. The SMILES string of the molecule is Cc1cnc(NCCc2ccccc2)c(=O)[nH]1. The summed E-state index contributed by atoms with van der Waals surface area (Å²) in [7, 11) is 0. The van der Waals surface area contributed by atoms with Crippen molar-refractivity contribution in [3.05, 3.63) is 58.1 Å². The van der Waals surface area contributed by atoms with Crippen molar-refractivity contribution in [3.8, 4) is 0 Å². The van der Waals surface area contributed by atoms with Crippen molar-refractivity contribution < 1.29 is 0 Å². The van der Waals surface area contributed by atoms with Crippen LogP contribution in [0.4, 0.5) is 5.82 Å². The van der Waals surface area contributed by atoms with Gasteiger partial charge in [0, 0.05) is 18.4 Å². The van der Waals surface area contributed by atoms with Gasteiger partial charge in [-0.3, -0.25) is 4.79 Å². The van der Waals surface area contributed by atoms with E-state index in [1.165, 1.54) is 5.56 Å². The van der Waals surface area contributed by atoms with Crippen LogP contribution in [0.25, 0.3) is 0 Å². The van der Waals surface area contributed by atoms with Crippen molar-refractivity contribution in [2.24, 2.45) is 0 Å². The highest BCUT2D eigenvalue weighted by atomic mass is 16.1. The lowest BCUT2D eigenvalue weighted by Crippen LogP contribution is -2.18. The second-order valence-electron chi connectivity index (χ2n) is 3.91. The zero-order chi connectivity index (χ0) is 12.1. The molecular formula is C13H15N3O. The molecular weight excluding hydrogens is 214 g/mol. The van der Waals surface area contributed by atoms with E-state index in [1.54, 1.807) is 6.20 Å². The fourth-order valence-electron chi connectivity index (χ4n) is 1.59. The summed E-state index contributed by atoms with van der Waals surface area (Å²) in [6.07, 6.45) is 2.52. The van der Waals surface area contributed by atoms with Gasteiger partial charge in [0.05, 0.1) is 0 Å². The normalized spacial score (nSPS) is 10.2. The van der Waals surface area contributed by atoms with Gasteiger partial charge in [-0.15, -0.1) is 0 Å². The monoisotopic (exact) mass is 229 g/mol. The lowest BCUT2D eigenvalue weighted by atomic mass is 10.1. The van der Waals surface area contributed by atoms with Gasteiger partial charge >= 0.3 is 0 Å². The Morgan fingerprint density at radius 3 is 2.76 bits per heavy atom. The van der Waals surface area contributed by atoms with Gasteiger partial charge in [-0.1, -0.05) is 30.3 Å². The molecule has 17 heavy (non-hydrogen) atoms. The molecule has 0 atom stereocenters. The molecule has 2 rings (SSSR count). The number of anilines is 1. The average Bonchev–Trinajstić information content (AvgIpc) is 2.33. The third kappa shape index (κ3) is 3.17. The predicted molar refractivity (Wildman–Crippen MR) is 68.2 cm³/mol. The van der Waals surface area contributed by atoms with Crippen molar-refractivity contribution in [1.82, 2.24) is 9.97 Å². The van der Waals surface area contributed by atoms with Crippen molar-refractivity contribution in [2.75, 3.05) is 11.9 Å². The van der Waals surface area contributed by atoms with Gasteiger partial charge in [-0.25, -0.2) is 4.98 Å². The summed E-state index contributed by atoms with van der Waals surface area (Å²) < 4.78 is 0. The number of nitrogens with zero attached hydrogens (tertiary/aromatic N) is 1. The van der Waals surface area contributed by atoms with Gasteiger partial charge < -0.3 is 10.3 Å². The quantitative estimate of drug-likeness (QED) is 0.839. The molecule has 0 aliphatic carbocycles. The molecule has 0 aliphatic rings. The number of benzene rings is 1. The average molecular weight is 229 g/mol. The van der Waals surface area contributed by atoms with Gasteiger partial charge in [0.2, 0.25) is 0 Å². The van der Waals surface area contributed by atoms with Gasteiger partial charge in [0.1, 0.15) is 0 Å². The first-order chi connectivity index (χ1) is 8.25. The van der Waals surface area contributed by atoms with E-state index in [9.17, 15) is 4.79 Å². The summed E-state index contributed by atoms with van der Waals surface area (Å²) >= 11 is 0. The summed E-state index contributed by atoms with van der Waals surface area (Å²) in [5, 5.41) is 3.03. The molecule has 1 aromatic carbocycles. The molecule has 0 saturated carbocycles. The number of aromatic nitrogens is 2. The maximum absolute atomic E-state index is 11.5. The fraction of sp³-hybridized carbons (Fsp3) is 0.231. The Morgan fingerprint density at radius 2 is 2.06 bits per heavy atom. The van der Waals surface area contributed by atoms with Crippen LogP contribution in [-0.2, 0) is 6.42 Å². The van der Waals surface area contributed by atoms with Crippen molar-refractivity contribution in [3.63, 3.8) is 0 Å². The minimum atomic E-state index is -0.168. The molecule has 2 N–H and O–H groups in total. The van der Waals surface area contributed by atoms with E-state index in [0.29, 0.717) is 12.4 Å². The lowest BCUT2D eigenvalue weighted by molar-refractivity contribution is 0.979. The summed E-state index contributed by atoms with van der Waals surface area (Å²) in [5.41, 5.74) is 1.84. The third-order valence-corrected chi connectivity index (χ3v) is 2.46. The van der Waals surface area contributed by atoms with Crippen LogP contribution in [0.15, 0.2) is 41.3 Å². The molecule has 0 amide bonds. The number of nitrogens with one attached hydrogen (secondary N) is 2. The van der Waals surface area contributed by atoms with Gasteiger partial charge in [-0.05, 0) is 18.9 Å². The van der Waals surface area contributed by atoms with Crippen molar-refractivity contribution in [2.45, 2.75) is 13.3 Å². The van der Waals surface area contributed by atoms with Crippen LogP contribution >= 0.6 is 0 Å². The maximum atomic E-state index is 11.5. The molecule has 0 saturated heterocycles. The molecule has 0 unspecified atom stereocenters. The predicted octanol–water partition coefficient (Wildman–Crippen LogP) is 1.73. The highest BCUT2D eigenvalue weighted by Gasteiger charge is 2.00. The number of rotatable bonds is 4. The van der Waals surface area contributed by atoms with Crippen molar-refractivity contribution >= 4 is 5.82 Å². The van der Waals surface area contributed by atoms with E-state index in [0.717, 1.165) is 12.1 Å². The minimum absolute atomic E-state index is 0.168. The molecule has 0 radical (unpaired) electrons. The van der Waals surface area contributed by atoms with Crippen LogP contribution in [0.3, 0.4) is 0 Å². The summed E-state index contributed by atoms with van der Waals surface area (Å²) in [4.78, 5) is 18.3. The number of H-pyrrole nitrogens is 1. The number of aromatic amines is 1. The fourth-order valence-corrected chi connectivity index (χ4v) is 1.59. The van der Waals surface area contributed by atoms with Gasteiger partial charge in [0.25, 0.3) is 5.56 Å². The Bertz CT molecular complexity index is 534. The first-order valence-corrected chi connectivity index (χ1v) is 5.59. The summed E-state index contributed by atoms with van der Waals surface area (Å²) in [6.45, 7) is 2.51. The van der Waals surface area contributed by atoms with Gasteiger partial charge in [-0.2, -0.15) is 0 Å². The molecule has 0 aliphatic heterocycles. The number of hydrogen-bond acceptors (Lipinski definition) is 3. The molecule has 88 valence electrons. The number of hydrogen-bond donors (Lipinski definition) is 2. The summed E-state index contributed by atoms with van der Waals surface area (Å²) in [6, 6.07) is 10.1. The van der Waals surface area contributed by atoms with E-state index in [4.69, 9.17) is 0 Å². The first-order valence-electron chi connectivity index (χ1n) is 5.59. The maximum Gasteiger partial charge on any atom is 0.290 e. The Hall–Kier alpha value is -2.10. The van der Waals surface area contributed by atoms with Crippen LogP contribution in [0, 0.1) is 6.92 Å². The Balaban J connectivity index is 1.93. The molecule has 0 bridgehead atoms. The van der Waals surface area contributed by atoms with Crippen LogP contribution in [0.1, 0.15) is 11.3 Å².